The molecule has 0 aliphatic heterocycles. The van der Waals surface area contributed by atoms with Crippen molar-refractivity contribution in [1.29, 1.82) is 0 Å². The zero-order valence-electron chi connectivity index (χ0n) is 15.9. The fourth-order valence-electron chi connectivity index (χ4n) is 2.74. The van der Waals surface area contributed by atoms with Gasteiger partial charge in [-0.1, -0.05) is 82.2 Å². The van der Waals surface area contributed by atoms with Gasteiger partial charge in [0.15, 0.2) is 0 Å². The lowest BCUT2D eigenvalue weighted by Gasteiger charge is -2.21. The van der Waals surface area contributed by atoms with Gasteiger partial charge in [-0.25, -0.2) is 0 Å². The maximum atomic E-state index is 12.6. The fraction of sp³-hybridized carbons (Fsp3) is 0.591. The summed E-state index contributed by atoms with van der Waals surface area (Å²) in [6.45, 7) is 8.30. The fourth-order valence-corrected chi connectivity index (χ4v) is 2.74. The van der Waals surface area contributed by atoms with Gasteiger partial charge in [-0.2, -0.15) is 0 Å². The van der Waals surface area contributed by atoms with Gasteiger partial charge in [0, 0.05) is 19.2 Å². The minimum atomic E-state index is 0.156. The number of hydrogen-bond donors (Lipinski definition) is 0. The summed E-state index contributed by atoms with van der Waals surface area (Å²) in [5.41, 5.74) is 2.33. The monoisotopic (exact) mass is 329 g/mol. The van der Waals surface area contributed by atoms with Crippen molar-refractivity contribution >= 4 is 12.0 Å². The van der Waals surface area contributed by atoms with Crippen LogP contribution in [0, 0.1) is 6.92 Å². The van der Waals surface area contributed by atoms with Crippen LogP contribution in [0.25, 0.3) is 6.08 Å². The van der Waals surface area contributed by atoms with Crippen molar-refractivity contribution in [3.05, 3.63) is 41.5 Å². The molecule has 0 fully saturated rings. The minimum Gasteiger partial charge on any atom is -0.339 e. The van der Waals surface area contributed by atoms with Crippen molar-refractivity contribution in [2.75, 3.05) is 13.1 Å². The molecule has 0 aliphatic carbocycles. The van der Waals surface area contributed by atoms with E-state index in [4.69, 9.17) is 0 Å². The number of benzene rings is 1. The average molecular weight is 330 g/mol. The summed E-state index contributed by atoms with van der Waals surface area (Å²) in [5, 5.41) is 0. The van der Waals surface area contributed by atoms with E-state index in [0.29, 0.717) is 0 Å². The highest BCUT2D eigenvalue weighted by molar-refractivity contribution is 5.91. The number of amides is 1. The van der Waals surface area contributed by atoms with Crippen LogP contribution in [0.5, 0.6) is 0 Å². The van der Waals surface area contributed by atoms with E-state index in [2.05, 4.69) is 45.0 Å². The Labute approximate surface area is 149 Å². The molecule has 0 bridgehead atoms. The molecule has 0 spiro atoms. The van der Waals surface area contributed by atoms with Crippen LogP contribution >= 0.6 is 0 Å². The summed E-state index contributed by atoms with van der Waals surface area (Å²) in [6.07, 6.45) is 13.3. The van der Waals surface area contributed by atoms with Crippen molar-refractivity contribution in [2.24, 2.45) is 0 Å². The highest BCUT2D eigenvalue weighted by Gasteiger charge is 2.09. The Morgan fingerprint density at radius 3 is 1.92 bits per heavy atom. The first-order chi connectivity index (χ1) is 11.7. The molecule has 1 amide bonds. The van der Waals surface area contributed by atoms with E-state index in [9.17, 15) is 4.79 Å². The normalized spacial score (nSPS) is 11.1. The van der Waals surface area contributed by atoms with Gasteiger partial charge in [-0.05, 0) is 31.4 Å². The Bertz CT molecular complexity index is 463. The molecule has 1 aromatic rings. The van der Waals surface area contributed by atoms with Gasteiger partial charge in [0.1, 0.15) is 0 Å². The molecule has 0 radical (unpaired) electrons. The number of hydrogen-bond acceptors (Lipinski definition) is 1. The SMILES string of the molecule is CCCCCCN(CCCCCC)C(=O)/C=C/c1ccc(C)cc1. The van der Waals surface area contributed by atoms with E-state index in [0.717, 1.165) is 31.5 Å². The lowest BCUT2D eigenvalue weighted by molar-refractivity contribution is -0.126. The summed E-state index contributed by atoms with van der Waals surface area (Å²) < 4.78 is 0. The molecule has 1 rings (SSSR count). The molecule has 0 aromatic heterocycles. The molecule has 0 N–H and O–H groups in total. The summed E-state index contributed by atoms with van der Waals surface area (Å²) in [5.74, 6) is 0.156. The number of nitrogens with zero attached hydrogens (tertiary/aromatic N) is 1. The van der Waals surface area contributed by atoms with Crippen LogP contribution in [0.15, 0.2) is 30.3 Å². The standard InChI is InChI=1S/C22H35NO/c1-4-6-8-10-18-23(19-11-9-7-5-2)22(24)17-16-21-14-12-20(3)13-15-21/h12-17H,4-11,18-19H2,1-3H3/b17-16+. The highest BCUT2D eigenvalue weighted by atomic mass is 16.2. The van der Waals surface area contributed by atoms with Crippen LogP contribution in [0.1, 0.15) is 76.3 Å². The number of carbonyl (C=O) groups excluding carboxylic acids is 1. The van der Waals surface area contributed by atoms with Crippen molar-refractivity contribution in [1.82, 2.24) is 4.90 Å². The number of aryl methyl sites for hydroxylation is 1. The quantitative estimate of drug-likeness (QED) is 0.340. The first-order valence-electron chi connectivity index (χ1n) is 9.71. The van der Waals surface area contributed by atoms with Crippen LogP contribution in [0.2, 0.25) is 0 Å². The average Bonchev–Trinajstić information content (AvgIpc) is 2.59. The molecule has 0 heterocycles. The first-order valence-corrected chi connectivity index (χ1v) is 9.71. The van der Waals surface area contributed by atoms with Crippen LogP contribution in [0.3, 0.4) is 0 Å². The lowest BCUT2D eigenvalue weighted by Crippen LogP contribution is -2.31. The van der Waals surface area contributed by atoms with Crippen molar-refractivity contribution in [2.45, 2.75) is 72.1 Å². The minimum absolute atomic E-state index is 0.156. The van der Waals surface area contributed by atoms with E-state index < -0.39 is 0 Å². The molecule has 0 atom stereocenters. The second kappa shape index (κ2) is 12.8. The second-order valence-corrected chi connectivity index (χ2v) is 6.69. The summed E-state index contributed by atoms with van der Waals surface area (Å²) >= 11 is 0. The summed E-state index contributed by atoms with van der Waals surface area (Å²) in [6, 6.07) is 8.28. The number of unbranched alkanes of at least 4 members (excludes halogenated alkanes) is 6. The molecule has 0 aliphatic rings. The molecule has 0 saturated heterocycles. The molecule has 24 heavy (non-hydrogen) atoms. The second-order valence-electron chi connectivity index (χ2n) is 6.69. The zero-order chi connectivity index (χ0) is 17.6. The molecule has 0 saturated carbocycles. The number of carbonyl (C=O) groups is 1. The Morgan fingerprint density at radius 2 is 1.42 bits per heavy atom. The van der Waals surface area contributed by atoms with Crippen molar-refractivity contribution in [3.63, 3.8) is 0 Å². The smallest absolute Gasteiger partial charge is 0.246 e. The summed E-state index contributed by atoms with van der Waals surface area (Å²) in [7, 11) is 0. The lowest BCUT2D eigenvalue weighted by atomic mass is 10.1. The Kier molecular flexibility index (Phi) is 10.9. The predicted molar refractivity (Wildman–Crippen MR) is 105 cm³/mol. The number of rotatable bonds is 12. The Hall–Kier alpha value is -1.57. The molecular formula is C22H35NO. The van der Waals surface area contributed by atoms with Crippen molar-refractivity contribution < 1.29 is 4.79 Å². The maximum Gasteiger partial charge on any atom is 0.246 e. The van der Waals surface area contributed by atoms with E-state index >= 15 is 0 Å². The van der Waals surface area contributed by atoms with Crippen LogP contribution in [-0.2, 0) is 4.79 Å². The van der Waals surface area contributed by atoms with Gasteiger partial charge >= 0.3 is 0 Å². The van der Waals surface area contributed by atoms with Gasteiger partial charge in [0.2, 0.25) is 5.91 Å². The van der Waals surface area contributed by atoms with E-state index in [-0.39, 0.29) is 5.91 Å². The highest BCUT2D eigenvalue weighted by Crippen LogP contribution is 2.09. The van der Waals surface area contributed by atoms with Gasteiger partial charge < -0.3 is 4.90 Å². The van der Waals surface area contributed by atoms with Gasteiger partial charge in [-0.3, -0.25) is 4.79 Å². The van der Waals surface area contributed by atoms with Crippen LogP contribution < -0.4 is 0 Å². The third-order valence-electron chi connectivity index (χ3n) is 4.37. The predicted octanol–water partition coefficient (Wildman–Crippen LogP) is 6.00. The van der Waals surface area contributed by atoms with Crippen LogP contribution in [-0.4, -0.2) is 23.9 Å². The zero-order valence-corrected chi connectivity index (χ0v) is 15.9. The summed E-state index contributed by atoms with van der Waals surface area (Å²) in [4.78, 5) is 14.6. The molecule has 0 unspecified atom stereocenters. The van der Waals surface area contributed by atoms with Crippen molar-refractivity contribution in [3.8, 4) is 0 Å². The first kappa shape index (κ1) is 20.5. The Morgan fingerprint density at radius 1 is 0.875 bits per heavy atom. The topological polar surface area (TPSA) is 20.3 Å². The molecule has 1 aromatic carbocycles. The van der Waals surface area contributed by atoms with E-state index in [1.54, 1.807) is 6.08 Å². The molecular weight excluding hydrogens is 294 g/mol. The third kappa shape index (κ3) is 8.90. The van der Waals surface area contributed by atoms with E-state index in [1.165, 1.54) is 44.1 Å². The van der Waals surface area contributed by atoms with Crippen LogP contribution in [0.4, 0.5) is 0 Å². The molecule has 2 heteroatoms. The molecule has 134 valence electrons. The Balaban J connectivity index is 2.54. The van der Waals surface area contributed by atoms with Gasteiger partial charge in [0.05, 0.1) is 0 Å². The largest absolute Gasteiger partial charge is 0.339 e. The van der Waals surface area contributed by atoms with Gasteiger partial charge in [0.25, 0.3) is 0 Å². The molecule has 2 nitrogen and oxygen atoms in total. The maximum absolute atomic E-state index is 12.6. The van der Waals surface area contributed by atoms with Gasteiger partial charge in [-0.15, -0.1) is 0 Å². The third-order valence-corrected chi connectivity index (χ3v) is 4.37. The van der Waals surface area contributed by atoms with E-state index in [1.807, 2.05) is 11.0 Å².